The molecule has 4 rings (SSSR count). The van der Waals surface area contributed by atoms with Crippen molar-refractivity contribution in [1.82, 2.24) is 4.98 Å². The van der Waals surface area contributed by atoms with Crippen LogP contribution in [-0.2, 0) is 0 Å². The van der Waals surface area contributed by atoms with E-state index < -0.39 is 0 Å². The van der Waals surface area contributed by atoms with E-state index in [2.05, 4.69) is 54.9 Å². The van der Waals surface area contributed by atoms with E-state index in [0.29, 0.717) is 0 Å². The van der Waals surface area contributed by atoms with Crippen molar-refractivity contribution in [3.63, 3.8) is 0 Å². The highest BCUT2D eigenvalue weighted by Gasteiger charge is 2.13. The van der Waals surface area contributed by atoms with Gasteiger partial charge in [0, 0.05) is 20.8 Å². The Kier molecular flexibility index (Phi) is 4.04. The van der Waals surface area contributed by atoms with Crippen LogP contribution in [0.5, 0.6) is 0 Å². The number of nitrogens with one attached hydrogen (secondary N) is 1. The normalized spacial score (nSPS) is 11.1. The van der Waals surface area contributed by atoms with Crippen molar-refractivity contribution in [1.29, 1.82) is 0 Å². The molecule has 0 aliphatic carbocycles. The first kappa shape index (κ1) is 15.6. The van der Waals surface area contributed by atoms with Crippen molar-refractivity contribution in [2.45, 2.75) is 13.8 Å². The summed E-state index contributed by atoms with van der Waals surface area (Å²) in [5.41, 5.74) is 4.57. The van der Waals surface area contributed by atoms with Crippen molar-refractivity contribution in [3.8, 4) is 10.6 Å². The number of hydrogen-bond acceptors (Lipinski definition) is 4. The fourth-order valence-corrected chi connectivity index (χ4v) is 4.75. The molecule has 24 heavy (non-hydrogen) atoms. The molecule has 0 bridgehead atoms. The minimum atomic E-state index is 0.773. The first-order valence-corrected chi connectivity index (χ1v) is 9.66. The largest absolute Gasteiger partial charge is 0.332 e. The second kappa shape index (κ2) is 6.20. The van der Waals surface area contributed by atoms with Crippen LogP contribution in [-0.4, -0.2) is 4.98 Å². The molecule has 2 aromatic heterocycles. The van der Waals surface area contributed by atoms with Gasteiger partial charge in [-0.3, -0.25) is 0 Å². The molecular formula is C19H15ClN2S2. The zero-order chi connectivity index (χ0) is 16.7. The van der Waals surface area contributed by atoms with E-state index in [1.807, 2.05) is 12.1 Å². The van der Waals surface area contributed by atoms with Crippen LogP contribution in [0.4, 0.5) is 10.8 Å². The molecule has 120 valence electrons. The summed E-state index contributed by atoms with van der Waals surface area (Å²) in [6.07, 6.45) is 0. The number of fused-ring (bicyclic) bond motifs is 1. The Balaban J connectivity index is 1.67. The predicted octanol–water partition coefficient (Wildman–Crippen LogP) is 7.04. The maximum Gasteiger partial charge on any atom is 0.187 e. The number of aromatic nitrogens is 1. The standard InChI is InChI=1S/C19H15ClN2S2/c1-11-3-6-14(7-4-11)21-19-22-16(10-23-19)18-12(2)15-9-13(20)5-8-17(15)24-18/h3-10H,1-2H3,(H,21,22). The first-order chi connectivity index (χ1) is 11.6. The van der Waals surface area contributed by atoms with Gasteiger partial charge in [-0.05, 0) is 55.1 Å². The van der Waals surface area contributed by atoms with Gasteiger partial charge in [0.1, 0.15) is 0 Å². The smallest absolute Gasteiger partial charge is 0.187 e. The lowest BCUT2D eigenvalue weighted by atomic mass is 10.1. The number of halogens is 1. The van der Waals surface area contributed by atoms with Crippen LogP contribution in [0.1, 0.15) is 11.1 Å². The number of aryl methyl sites for hydroxylation is 2. The highest BCUT2D eigenvalue weighted by atomic mass is 35.5. The molecule has 0 spiro atoms. The van der Waals surface area contributed by atoms with Crippen LogP contribution in [0, 0.1) is 13.8 Å². The van der Waals surface area contributed by atoms with Gasteiger partial charge in [-0.1, -0.05) is 29.3 Å². The molecule has 0 saturated heterocycles. The van der Waals surface area contributed by atoms with Crippen LogP contribution in [0.3, 0.4) is 0 Å². The van der Waals surface area contributed by atoms with Crippen LogP contribution in [0.2, 0.25) is 5.02 Å². The summed E-state index contributed by atoms with van der Waals surface area (Å²) in [6, 6.07) is 14.4. The van der Waals surface area contributed by atoms with E-state index in [1.165, 1.54) is 26.1 Å². The zero-order valence-corrected chi connectivity index (χ0v) is 15.6. The quantitative estimate of drug-likeness (QED) is 0.418. The molecule has 1 N–H and O–H groups in total. The minimum Gasteiger partial charge on any atom is -0.332 e. The molecule has 0 atom stereocenters. The highest BCUT2D eigenvalue weighted by Crippen LogP contribution is 2.40. The fraction of sp³-hybridized carbons (Fsp3) is 0.105. The number of rotatable bonds is 3. The Bertz CT molecular complexity index is 1020. The Morgan fingerprint density at radius 1 is 1.04 bits per heavy atom. The van der Waals surface area contributed by atoms with Gasteiger partial charge in [-0.15, -0.1) is 22.7 Å². The van der Waals surface area contributed by atoms with Crippen molar-refractivity contribution < 1.29 is 0 Å². The maximum absolute atomic E-state index is 6.13. The molecule has 0 aliphatic rings. The van der Waals surface area contributed by atoms with Gasteiger partial charge in [0.15, 0.2) is 5.13 Å². The number of benzene rings is 2. The Morgan fingerprint density at radius 2 is 1.83 bits per heavy atom. The lowest BCUT2D eigenvalue weighted by Gasteiger charge is -2.02. The second-order valence-electron chi connectivity index (χ2n) is 5.73. The molecule has 0 fully saturated rings. The molecule has 0 radical (unpaired) electrons. The molecule has 2 nitrogen and oxygen atoms in total. The summed E-state index contributed by atoms with van der Waals surface area (Å²) in [5, 5.41) is 8.37. The number of anilines is 2. The molecule has 2 heterocycles. The molecule has 0 amide bonds. The molecular weight excluding hydrogens is 356 g/mol. The van der Waals surface area contributed by atoms with Crippen LogP contribution in [0.25, 0.3) is 20.7 Å². The van der Waals surface area contributed by atoms with Crippen LogP contribution in [0.15, 0.2) is 47.8 Å². The number of thiophene rings is 1. The van der Waals surface area contributed by atoms with Crippen molar-refractivity contribution in [2.75, 3.05) is 5.32 Å². The molecule has 0 unspecified atom stereocenters. The molecule has 0 saturated carbocycles. The summed E-state index contributed by atoms with van der Waals surface area (Å²) < 4.78 is 1.24. The zero-order valence-electron chi connectivity index (χ0n) is 13.3. The predicted molar refractivity (Wildman–Crippen MR) is 107 cm³/mol. The van der Waals surface area contributed by atoms with Gasteiger partial charge in [0.2, 0.25) is 0 Å². The molecule has 2 aromatic carbocycles. The monoisotopic (exact) mass is 370 g/mol. The van der Waals surface area contributed by atoms with Gasteiger partial charge < -0.3 is 5.32 Å². The lowest BCUT2D eigenvalue weighted by Crippen LogP contribution is -1.89. The van der Waals surface area contributed by atoms with Crippen molar-refractivity contribution in [2.24, 2.45) is 0 Å². The summed E-state index contributed by atoms with van der Waals surface area (Å²) in [7, 11) is 0. The summed E-state index contributed by atoms with van der Waals surface area (Å²) in [6.45, 7) is 4.22. The lowest BCUT2D eigenvalue weighted by molar-refractivity contribution is 1.38. The summed E-state index contributed by atoms with van der Waals surface area (Å²) in [4.78, 5) is 5.97. The van der Waals surface area contributed by atoms with Crippen LogP contribution >= 0.6 is 34.3 Å². The van der Waals surface area contributed by atoms with Gasteiger partial charge in [0.25, 0.3) is 0 Å². The SMILES string of the molecule is Cc1ccc(Nc2nc(-c3sc4ccc(Cl)cc4c3C)cs2)cc1. The minimum absolute atomic E-state index is 0.773. The van der Waals surface area contributed by atoms with Gasteiger partial charge in [-0.2, -0.15) is 0 Å². The average Bonchev–Trinajstić information content (AvgIpc) is 3.15. The second-order valence-corrected chi connectivity index (χ2v) is 8.07. The van der Waals surface area contributed by atoms with E-state index in [0.717, 1.165) is 21.5 Å². The van der Waals surface area contributed by atoms with E-state index >= 15 is 0 Å². The molecule has 5 heteroatoms. The van der Waals surface area contributed by atoms with E-state index in [9.17, 15) is 0 Å². The Labute approximate surface area is 153 Å². The molecule has 0 aliphatic heterocycles. The fourth-order valence-electron chi connectivity index (χ4n) is 2.63. The van der Waals surface area contributed by atoms with Crippen molar-refractivity contribution >= 4 is 55.2 Å². The summed E-state index contributed by atoms with van der Waals surface area (Å²) >= 11 is 9.52. The van der Waals surface area contributed by atoms with E-state index in [4.69, 9.17) is 16.6 Å². The van der Waals surface area contributed by atoms with Crippen molar-refractivity contribution in [3.05, 3.63) is 64.0 Å². The highest BCUT2D eigenvalue weighted by molar-refractivity contribution is 7.23. The van der Waals surface area contributed by atoms with Gasteiger partial charge in [0.05, 0.1) is 10.6 Å². The Morgan fingerprint density at radius 3 is 2.62 bits per heavy atom. The summed E-state index contributed by atoms with van der Waals surface area (Å²) in [5.74, 6) is 0. The van der Waals surface area contributed by atoms with Gasteiger partial charge >= 0.3 is 0 Å². The molecule has 4 aromatic rings. The Hall–Kier alpha value is -1.88. The number of hydrogen-bond donors (Lipinski definition) is 1. The number of thiazole rings is 1. The third-order valence-corrected chi connectivity index (χ3v) is 6.23. The van der Waals surface area contributed by atoms with Gasteiger partial charge in [-0.25, -0.2) is 4.98 Å². The topological polar surface area (TPSA) is 24.9 Å². The first-order valence-electron chi connectivity index (χ1n) is 7.58. The number of nitrogens with zero attached hydrogens (tertiary/aromatic N) is 1. The third-order valence-electron chi connectivity index (χ3n) is 3.94. The third kappa shape index (κ3) is 2.93. The van der Waals surface area contributed by atoms with Crippen LogP contribution < -0.4 is 5.32 Å². The van der Waals surface area contributed by atoms with E-state index in [-0.39, 0.29) is 0 Å². The maximum atomic E-state index is 6.13. The van der Waals surface area contributed by atoms with E-state index in [1.54, 1.807) is 22.7 Å². The average molecular weight is 371 g/mol.